The van der Waals surface area contributed by atoms with Crippen molar-refractivity contribution in [3.63, 3.8) is 0 Å². The Kier molecular flexibility index (Phi) is 6.51. The van der Waals surface area contributed by atoms with Gasteiger partial charge >= 0.3 is 0 Å². The number of hydrogen-bond donors (Lipinski definition) is 2. The molecule has 1 fully saturated rings. The van der Waals surface area contributed by atoms with Crippen LogP contribution in [0.3, 0.4) is 0 Å². The summed E-state index contributed by atoms with van der Waals surface area (Å²) in [5.41, 5.74) is 9.14. The molecule has 6 rings (SSSR count). The first-order valence-electron chi connectivity index (χ1n) is 12.6. The van der Waals surface area contributed by atoms with Crippen LogP contribution in [0.25, 0.3) is 44.2 Å². The fourth-order valence-electron chi connectivity index (χ4n) is 4.94. The van der Waals surface area contributed by atoms with E-state index >= 15 is 0 Å². The van der Waals surface area contributed by atoms with Crippen LogP contribution in [-0.2, 0) is 0 Å². The molecule has 0 aliphatic carbocycles. The van der Waals surface area contributed by atoms with E-state index in [2.05, 4.69) is 83.6 Å². The summed E-state index contributed by atoms with van der Waals surface area (Å²) in [6.45, 7) is 12.3. The third kappa shape index (κ3) is 4.40. The number of pyridine rings is 2. The van der Waals surface area contributed by atoms with E-state index in [1.807, 2.05) is 26.1 Å². The second kappa shape index (κ2) is 9.88. The lowest BCUT2D eigenvalue weighted by Crippen LogP contribution is -2.43. The summed E-state index contributed by atoms with van der Waals surface area (Å²) in [5.74, 6) is 1.05. The van der Waals surface area contributed by atoms with Gasteiger partial charge in [0.05, 0.1) is 11.2 Å². The van der Waals surface area contributed by atoms with Crippen molar-refractivity contribution >= 4 is 27.6 Å². The molecule has 4 heterocycles. The molecule has 5 nitrogen and oxygen atoms in total. The highest BCUT2D eigenvalue weighted by Gasteiger charge is 2.15. The van der Waals surface area contributed by atoms with Gasteiger partial charge in [-0.1, -0.05) is 44.2 Å². The molecule has 1 aliphatic rings. The molecular weight excluding hydrogens is 430 g/mol. The SMILES string of the molecule is CC.Cc1cc(-c2[nH]c3cc(-c4ccc(N5CCNCC5)nc4)ccc3c2C)c2ccccc2n1. The maximum atomic E-state index is 4.75. The predicted octanol–water partition coefficient (Wildman–Crippen LogP) is 6.50. The van der Waals surface area contributed by atoms with Crippen molar-refractivity contribution in [3.8, 4) is 22.4 Å². The van der Waals surface area contributed by atoms with Crippen LogP contribution in [0.1, 0.15) is 25.1 Å². The molecule has 0 unspecified atom stereocenters. The number of nitrogens with zero attached hydrogens (tertiary/aromatic N) is 3. The number of H-pyrrole nitrogens is 1. The molecule has 0 saturated carbocycles. The maximum absolute atomic E-state index is 4.75. The highest BCUT2D eigenvalue weighted by molar-refractivity contribution is 6.00. The van der Waals surface area contributed by atoms with Crippen molar-refractivity contribution in [2.24, 2.45) is 0 Å². The highest BCUT2D eigenvalue weighted by Crippen LogP contribution is 2.35. The minimum absolute atomic E-state index is 1.01. The number of benzene rings is 2. The van der Waals surface area contributed by atoms with Gasteiger partial charge in [-0.2, -0.15) is 0 Å². The zero-order chi connectivity index (χ0) is 24.4. The number of nitrogens with one attached hydrogen (secondary N) is 2. The van der Waals surface area contributed by atoms with Gasteiger partial charge in [-0.15, -0.1) is 0 Å². The van der Waals surface area contributed by atoms with E-state index in [1.54, 1.807) is 0 Å². The number of fused-ring (bicyclic) bond motifs is 2. The summed E-state index contributed by atoms with van der Waals surface area (Å²) in [5, 5.41) is 5.81. The molecule has 178 valence electrons. The Bertz CT molecular complexity index is 1460. The van der Waals surface area contributed by atoms with Gasteiger partial charge < -0.3 is 15.2 Å². The lowest BCUT2D eigenvalue weighted by atomic mass is 10.0. The van der Waals surface area contributed by atoms with Crippen molar-refractivity contribution in [2.75, 3.05) is 31.1 Å². The van der Waals surface area contributed by atoms with Gasteiger partial charge in [-0.25, -0.2) is 4.98 Å². The normalized spacial score (nSPS) is 13.7. The van der Waals surface area contributed by atoms with Crippen molar-refractivity contribution < 1.29 is 0 Å². The standard InChI is InChI=1S/C28H27N5.C2H6/c1-18-15-24(23-5-3-4-6-25(23)31-18)28-19(2)22-9-7-20(16-26(22)32-28)21-8-10-27(30-17-21)33-13-11-29-12-14-33;1-2/h3-10,15-17,29,32H,11-14H2,1-2H3;1-2H3. The van der Waals surface area contributed by atoms with Crippen LogP contribution in [0.2, 0.25) is 0 Å². The Morgan fingerprint density at radius 3 is 2.37 bits per heavy atom. The monoisotopic (exact) mass is 463 g/mol. The molecular formula is C30H33N5. The van der Waals surface area contributed by atoms with Gasteiger partial charge in [0.25, 0.3) is 0 Å². The first-order chi connectivity index (χ1) is 17.2. The van der Waals surface area contributed by atoms with Gasteiger partial charge in [-0.05, 0) is 55.3 Å². The first kappa shape index (κ1) is 23.1. The van der Waals surface area contributed by atoms with E-state index in [1.165, 1.54) is 27.5 Å². The number of anilines is 1. The van der Waals surface area contributed by atoms with Gasteiger partial charge in [0.2, 0.25) is 0 Å². The van der Waals surface area contributed by atoms with Crippen LogP contribution in [-0.4, -0.2) is 41.1 Å². The summed E-state index contributed by atoms with van der Waals surface area (Å²) < 4.78 is 0. The molecule has 0 radical (unpaired) electrons. The maximum Gasteiger partial charge on any atom is 0.128 e. The van der Waals surface area contributed by atoms with Crippen molar-refractivity contribution in [1.29, 1.82) is 0 Å². The minimum Gasteiger partial charge on any atom is -0.354 e. The Hall–Kier alpha value is -3.70. The summed E-state index contributed by atoms with van der Waals surface area (Å²) in [4.78, 5) is 15.5. The number of aromatic nitrogens is 3. The second-order valence-corrected chi connectivity index (χ2v) is 8.86. The molecule has 35 heavy (non-hydrogen) atoms. The molecule has 0 spiro atoms. The number of para-hydroxylation sites is 1. The number of aromatic amines is 1. The smallest absolute Gasteiger partial charge is 0.128 e. The van der Waals surface area contributed by atoms with E-state index in [-0.39, 0.29) is 0 Å². The number of rotatable bonds is 3. The summed E-state index contributed by atoms with van der Waals surface area (Å²) in [6, 6.07) is 21.5. The Labute approximate surface area is 207 Å². The Morgan fingerprint density at radius 2 is 1.60 bits per heavy atom. The predicted molar refractivity (Wildman–Crippen MR) is 148 cm³/mol. The van der Waals surface area contributed by atoms with E-state index in [9.17, 15) is 0 Å². The van der Waals surface area contributed by atoms with E-state index in [0.717, 1.165) is 60.0 Å². The molecule has 5 heteroatoms. The van der Waals surface area contributed by atoms with Gasteiger partial charge in [0.15, 0.2) is 0 Å². The lowest BCUT2D eigenvalue weighted by Gasteiger charge is -2.28. The largest absolute Gasteiger partial charge is 0.354 e. The summed E-state index contributed by atoms with van der Waals surface area (Å²) in [6.07, 6.45) is 2.00. The van der Waals surface area contributed by atoms with E-state index in [4.69, 9.17) is 9.97 Å². The lowest BCUT2D eigenvalue weighted by molar-refractivity contribution is 0.585. The number of aryl methyl sites for hydroxylation is 2. The molecule has 5 aromatic rings. The first-order valence-corrected chi connectivity index (χ1v) is 12.6. The third-order valence-corrected chi connectivity index (χ3v) is 6.69. The molecule has 0 atom stereocenters. The van der Waals surface area contributed by atoms with Crippen LogP contribution in [0.15, 0.2) is 66.9 Å². The van der Waals surface area contributed by atoms with Crippen molar-refractivity contribution in [1.82, 2.24) is 20.3 Å². The Balaban J connectivity index is 0.00000124. The fourth-order valence-corrected chi connectivity index (χ4v) is 4.94. The molecule has 2 N–H and O–H groups in total. The average molecular weight is 464 g/mol. The van der Waals surface area contributed by atoms with Crippen LogP contribution in [0, 0.1) is 13.8 Å². The van der Waals surface area contributed by atoms with E-state index in [0.29, 0.717) is 0 Å². The Morgan fingerprint density at radius 1 is 0.829 bits per heavy atom. The molecule has 3 aromatic heterocycles. The number of piperazine rings is 1. The highest BCUT2D eigenvalue weighted by atomic mass is 15.2. The van der Waals surface area contributed by atoms with Crippen LogP contribution in [0.5, 0.6) is 0 Å². The number of hydrogen-bond acceptors (Lipinski definition) is 4. The topological polar surface area (TPSA) is 56.8 Å². The van der Waals surface area contributed by atoms with Gasteiger partial charge in [-0.3, -0.25) is 4.98 Å². The van der Waals surface area contributed by atoms with Crippen LogP contribution >= 0.6 is 0 Å². The minimum atomic E-state index is 1.01. The fraction of sp³-hybridized carbons (Fsp3) is 0.267. The quantitative estimate of drug-likeness (QED) is 0.321. The van der Waals surface area contributed by atoms with Gasteiger partial charge in [0.1, 0.15) is 5.82 Å². The van der Waals surface area contributed by atoms with E-state index < -0.39 is 0 Å². The van der Waals surface area contributed by atoms with Crippen LogP contribution in [0.4, 0.5) is 5.82 Å². The average Bonchev–Trinajstić information content (AvgIpc) is 3.25. The van der Waals surface area contributed by atoms with Crippen molar-refractivity contribution in [3.05, 3.63) is 78.1 Å². The van der Waals surface area contributed by atoms with Gasteiger partial charge in [0, 0.05) is 65.5 Å². The molecule has 1 aliphatic heterocycles. The zero-order valence-corrected chi connectivity index (χ0v) is 21.0. The molecule has 1 saturated heterocycles. The summed E-state index contributed by atoms with van der Waals surface area (Å²) >= 11 is 0. The molecule has 0 amide bonds. The van der Waals surface area contributed by atoms with Crippen molar-refractivity contribution in [2.45, 2.75) is 27.7 Å². The van der Waals surface area contributed by atoms with Crippen LogP contribution < -0.4 is 10.2 Å². The molecule has 2 aromatic carbocycles. The third-order valence-electron chi connectivity index (χ3n) is 6.69. The second-order valence-electron chi connectivity index (χ2n) is 8.86. The molecule has 0 bridgehead atoms. The zero-order valence-electron chi connectivity index (χ0n) is 21.0. The summed E-state index contributed by atoms with van der Waals surface area (Å²) in [7, 11) is 0.